The number of nitrogens with zero attached hydrogens (tertiary/aromatic N) is 1. The molecule has 1 amide bonds. The summed E-state index contributed by atoms with van der Waals surface area (Å²) in [5.74, 6) is -0.0661. The first-order chi connectivity index (χ1) is 9.39. The predicted molar refractivity (Wildman–Crippen MR) is 79.0 cm³/mol. The maximum Gasteiger partial charge on any atom is 0.275 e. The molecule has 0 saturated heterocycles. The minimum absolute atomic E-state index is 0.0215. The van der Waals surface area contributed by atoms with Crippen molar-refractivity contribution in [3.8, 4) is 0 Å². The molecule has 1 N–H and O–H groups in total. The summed E-state index contributed by atoms with van der Waals surface area (Å²) >= 11 is 1.09. The van der Waals surface area contributed by atoms with Gasteiger partial charge in [0, 0.05) is 19.6 Å². The first-order valence-corrected chi connectivity index (χ1v) is 8.91. The molecule has 114 valence electrons. The monoisotopic (exact) mass is 319 g/mol. The molecule has 0 unspecified atom stereocenters. The Morgan fingerprint density at radius 3 is 2.65 bits per heavy atom. The van der Waals surface area contributed by atoms with E-state index < -0.39 is 15.9 Å². The van der Waals surface area contributed by atoms with Crippen LogP contribution < -0.4 is 0 Å². The van der Waals surface area contributed by atoms with Crippen molar-refractivity contribution >= 4 is 27.3 Å². The van der Waals surface area contributed by atoms with E-state index in [0.717, 1.165) is 15.6 Å². The minimum Gasteiger partial charge on any atom is -0.396 e. The van der Waals surface area contributed by atoms with Crippen LogP contribution in [-0.2, 0) is 14.8 Å². The van der Waals surface area contributed by atoms with E-state index in [1.807, 2.05) is 13.8 Å². The molecule has 1 heterocycles. The number of rotatable bonds is 8. The lowest BCUT2D eigenvalue weighted by Crippen LogP contribution is -2.37. The second-order valence-corrected chi connectivity index (χ2v) is 7.95. The number of hydrogen-bond donors (Lipinski definition) is 1. The van der Waals surface area contributed by atoms with Gasteiger partial charge in [-0.3, -0.25) is 4.79 Å². The number of hydrogen-bond acceptors (Lipinski definition) is 5. The Balaban J connectivity index is 2.91. The van der Waals surface area contributed by atoms with Gasteiger partial charge < -0.3 is 5.11 Å². The standard InChI is InChI=1S/C13H21NO4S2/c1-11(2)6-7-12(16)14(8-4-9-15)20(17,18)13-5-3-10-19-13/h3,5,10-11,15H,4,6-9H2,1-2H3. The number of aliphatic hydroxyl groups excluding tert-OH is 1. The van der Waals surface area contributed by atoms with Crippen LogP contribution in [0.3, 0.4) is 0 Å². The number of thiophene rings is 1. The average molecular weight is 319 g/mol. The van der Waals surface area contributed by atoms with E-state index in [4.69, 9.17) is 5.11 Å². The average Bonchev–Trinajstić information content (AvgIpc) is 2.91. The van der Waals surface area contributed by atoms with E-state index in [9.17, 15) is 13.2 Å². The number of carbonyl (C=O) groups is 1. The smallest absolute Gasteiger partial charge is 0.275 e. The second-order valence-electron chi connectivity index (χ2n) is 4.91. The summed E-state index contributed by atoms with van der Waals surface area (Å²) in [7, 11) is -3.79. The van der Waals surface area contributed by atoms with Crippen molar-refractivity contribution in [3.63, 3.8) is 0 Å². The van der Waals surface area contributed by atoms with Crippen molar-refractivity contribution in [2.45, 2.75) is 37.3 Å². The third-order valence-electron chi connectivity index (χ3n) is 2.77. The summed E-state index contributed by atoms with van der Waals surface area (Å²) in [6.45, 7) is 3.85. The van der Waals surface area contributed by atoms with Crippen LogP contribution in [-0.4, -0.2) is 36.9 Å². The highest BCUT2D eigenvalue weighted by Crippen LogP contribution is 2.22. The van der Waals surface area contributed by atoms with Gasteiger partial charge in [0.1, 0.15) is 4.21 Å². The summed E-state index contributed by atoms with van der Waals surface area (Å²) in [6.07, 6.45) is 1.10. The van der Waals surface area contributed by atoms with Crippen molar-refractivity contribution in [2.75, 3.05) is 13.2 Å². The Bertz CT molecular complexity index is 508. The van der Waals surface area contributed by atoms with Crippen molar-refractivity contribution in [3.05, 3.63) is 17.5 Å². The van der Waals surface area contributed by atoms with Gasteiger partial charge in [-0.15, -0.1) is 11.3 Å². The molecule has 0 fully saturated rings. The van der Waals surface area contributed by atoms with Crippen LogP contribution in [0.15, 0.2) is 21.7 Å². The van der Waals surface area contributed by atoms with Gasteiger partial charge >= 0.3 is 0 Å². The Morgan fingerprint density at radius 2 is 2.15 bits per heavy atom. The molecular weight excluding hydrogens is 298 g/mol. The second kappa shape index (κ2) is 7.75. The summed E-state index contributed by atoms with van der Waals surface area (Å²) in [5, 5.41) is 10.5. The normalized spacial score (nSPS) is 11.8. The lowest BCUT2D eigenvalue weighted by Gasteiger charge is -2.21. The first kappa shape index (κ1) is 17.1. The van der Waals surface area contributed by atoms with Crippen LogP contribution in [0.2, 0.25) is 0 Å². The van der Waals surface area contributed by atoms with Crippen LogP contribution in [0.25, 0.3) is 0 Å². The fourth-order valence-electron chi connectivity index (χ4n) is 1.65. The third kappa shape index (κ3) is 4.57. The van der Waals surface area contributed by atoms with Crippen molar-refractivity contribution in [2.24, 2.45) is 5.92 Å². The highest BCUT2D eigenvalue weighted by atomic mass is 32.2. The Hall–Kier alpha value is -0.920. The number of carbonyl (C=O) groups excluding carboxylic acids is 1. The van der Waals surface area contributed by atoms with E-state index in [2.05, 4.69) is 0 Å². The summed E-state index contributed by atoms with van der Waals surface area (Å²) < 4.78 is 25.9. The zero-order chi connectivity index (χ0) is 15.2. The van der Waals surface area contributed by atoms with E-state index in [0.29, 0.717) is 12.3 Å². The minimum atomic E-state index is -3.79. The van der Waals surface area contributed by atoms with Gasteiger partial charge in [0.05, 0.1) is 0 Å². The summed E-state index contributed by atoms with van der Waals surface area (Å²) in [4.78, 5) is 12.2. The highest BCUT2D eigenvalue weighted by Gasteiger charge is 2.29. The molecule has 0 aromatic carbocycles. The van der Waals surface area contributed by atoms with Crippen LogP contribution in [0.4, 0.5) is 0 Å². The molecular formula is C13H21NO4S2. The SMILES string of the molecule is CC(C)CCC(=O)N(CCCO)S(=O)(=O)c1cccs1. The highest BCUT2D eigenvalue weighted by molar-refractivity contribution is 7.91. The molecule has 7 heteroatoms. The van der Waals surface area contributed by atoms with E-state index >= 15 is 0 Å². The van der Waals surface area contributed by atoms with Crippen LogP contribution >= 0.6 is 11.3 Å². The number of aliphatic hydroxyl groups is 1. The van der Waals surface area contributed by atoms with Crippen molar-refractivity contribution < 1.29 is 18.3 Å². The van der Waals surface area contributed by atoms with Gasteiger partial charge in [-0.1, -0.05) is 19.9 Å². The first-order valence-electron chi connectivity index (χ1n) is 6.59. The molecule has 1 rings (SSSR count). The van der Waals surface area contributed by atoms with Crippen LogP contribution in [0.1, 0.15) is 33.1 Å². The molecule has 5 nitrogen and oxygen atoms in total. The zero-order valence-electron chi connectivity index (χ0n) is 11.8. The van der Waals surface area contributed by atoms with Gasteiger partial charge in [0.25, 0.3) is 10.0 Å². The largest absolute Gasteiger partial charge is 0.396 e. The van der Waals surface area contributed by atoms with Gasteiger partial charge in [0.15, 0.2) is 0 Å². The molecule has 20 heavy (non-hydrogen) atoms. The zero-order valence-corrected chi connectivity index (χ0v) is 13.4. The van der Waals surface area contributed by atoms with Crippen molar-refractivity contribution in [1.29, 1.82) is 0 Å². The Kier molecular flexibility index (Phi) is 6.64. The van der Waals surface area contributed by atoms with Gasteiger partial charge in [0.2, 0.25) is 5.91 Å². The van der Waals surface area contributed by atoms with E-state index in [1.165, 1.54) is 6.07 Å². The fourth-order valence-corrected chi connectivity index (χ4v) is 4.22. The molecule has 1 aromatic rings. The number of amides is 1. The fraction of sp³-hybridized carbons (Fsp3) is 0.615. The Morgan fingerprint density at radius 1 is 1.45 bits per heavy atom. The quantitative estimate of drug-likeness (QED) is 0.796. The summed E-state index contributed by atoms with van der Waals surface area (Å²) in [6, 6.07) is 3.13. The molecule has 0 bridgehead atoms. The lowest BCUT2D eigenvalue weighted by atomic mass is 10.1. The van der Waals surface area contributed by atoms with E-state index in [1.54, 1.807) is 11.4 Å². The molecule has 0 radical (unpaired) electrons. The molecule has 0 aliphatic rings. The maximum absolute atomic E-state index is 12.4. The Labute approximate surface area is 124 Å². The maximum atomic E-state index is 12.4. The lowest BCUT2D eigenvalue weighted by molar-refractivity contribution is -0.126. The van der Waals surface area contributed by atoms with Gasteiger partial charge in [-0.25, -0.2) is 12.7 Å². The van der Waals surface area contributed by atoms with Crippen molar-refractivity contribution in [1.82, 2.24) is 4.31 Å². The molecule has 1 aromatic heterocycles. The molecule has 0 aliphatic heterocycles. The summed E-state index contributed by atoms with van der Waals surface area (Å²) in [5.41, 5.74) is 0. The third-order valence-corrected chi connectivity index (χ3v) is 5.97. The topological polar surface area (TPSA) is 74.7 Å². The molecule has 0 aliphatic carbocycles. The molecule has 0 saturated carbocycles. The van der Waals surface area contributed by atoms with Gasteiger partial charge in [-0.05, 0) is 30.2 Å². The van der Waals surface area contributed by atoms with Crippen LogP contribution in [0, 0.1) is 5.92 Å². The van der Waals surface area contributed by atoms with Gasteiger partial charge in [-0.2, -0.15) is 0 Å². The molecule has 0 atom stereocenters. The number of sulfonamides is 1. The van der Waals surface area contributed by atoms with Crippen LogP contribution in [0.5, 0.6) is 0 Å². The predicted octanol–water partition coefficient (Wildman–Crippen LogP) is 2.08. The van der Waals surface area contributed by atoms with E-state index in [-0.39, 0.29) is 30.2 Å². The molecule has 0 spiro atoms.